The maximum atomic E-state index is 12.7. The smallest absolute Gasteiger partial charge is 0.333 e. The fourth-order valence-electron chi connectivity index (χ4n) is 1.84. The summed E-state index contributed by atoms with van der Waals surface area (Å²) in [5.74, 6) is -1.51. The van der Waals surface area contributed by atoms with E-state index >= 15 is 0 Å². The van der Waals surface area contributed by atoms with Crippen LogP contribution < -0.4 is 10.2 Å². The highest BCUT2D eigenvalue weighted by Gasteiger charge is 2.43. The average molecular weight is 323 g/mol. The molecule has 1 aliphatic heterocycles. The Hall–Kier alpha value is -1.90. The Morgan fingerprint density at radius 2 is 1.95 bits per heavy atom. The minimum absolute atomic E-state index is 0.240. The number of imide groups is 1. The minimum atomic E-state index is -4.71. The second-order valence-corrected chi connectivity index (χ2v) is 5.24. The molecule has 10 heteroatoms. The number of nitrogens with zero attached hydrogens (tertiary/aromatic N) is 3. The van der Waals surface area contributed by atoms with Crippen LogP contribution in [0.4, 0.5) is 19.0 Å². The van der Waals surface area contributed by atoms with Crippen LogP contribution in [0.25, 0.3) is 0 Å². The van der Waals surface area contributed by atoms with Crippen molar-refractivity contribution in [2.45, 2.75) is 25.6 Å². The summed E-state index contributed by atoms with van der Waals surface area (Å²) in [6.45, 7) is 2.60. The molecule has 0 unspecified atom stereocenters. The Morgan fingerprint density at radius 1 is 1.33 bits per heavy atom. The summed E-state index contributed by atoms with van der Waals surface area (Å²) >= 11 is 5.51. The van der Waals surface area contributed by atoms with Crippen LogP contribution in [0.3, 0.4) is 0 Å². The Balaban J connectivity index is 2.52. The predicted molar refractivity (Wildman–Crippen MR) is 66.6 cm³/mol. The molecule has 1 aliphatic rings. The zero-order valence-corrected chi connectivity index (χ0v) is 11.7. The average Bonchev–Trinajstić information content (AvgIpc) is 2.32. The van der Waals surface area contributed by atoms with Gasteiger partial charge in [-0.3, -0.25) is 14.9 Å². The summed E-state index contributed by atoms with van der Waals surface area (Å²) in [7, 11) is 0. The molecule has 0 aromatic carbocycles. The number of carbonyl (C=O) groups is 2. The van der Waals surface area contributed by atoms with Gasteiger partial charge in [-0.2, -0.15) is 13.2 Å². The van der Waals surface area contributed by atoms with Gasteiger partial charge in [-0.05, 0) is 25.4 Å². The summed E-state index contributed by atoms with van der Waals surface area (Å²) < 4.78 is 38.2. The number of anilines is 1. The summed E-state index contributed by atoms with van der Waals surface area (Å²) in [4.78, 5) is 31.2. The second kappa shape index (κ2) is 4.83. The lowest BCUT2D eigenvalue weighted by atomic mass is 9.98. The maximum absolute atomic E-state index is 12.7. The van der Waals surface area contributed by atoms with Crippen LogP contribution in [-0.4, -0.2) is 33.9 Å². The molecule has 1 saturated heterocycles. The molecule has 114 valence electrons. The molecule has 1 N–H and O–H groups in total. The lowest BCUT2D eigenvalue weighted by molar-refractivity contribution is -0.141. The van der Waals surface area contributed by atoms with Crippen molar-refractivity contribution in [2.75, 3.05) is 11.4 Å². The van der Waals surface area contributed by atoms with Crippen molar-refractivity contribution in [1.82, 2.24) is 15.3 Å². The zero-order chi connectivity index (χ0) is 16.0. The summed E-state index contributed by atoms with van der Waals surface area (Å²) in [6.07, 6.45) is -4.71. The van der Waals surface area contributed by atoms with Crippen LogP contribution in [0.5, 0.6) is 0 Å². The van der Waals surface area contributed by atoms with Gasteiger partial charge in [-0.25, -0.2) is 9.97 Å². The molecule has 2 rings (SSSR count). The van der Waals surface area contributed by atoms with E-state index in [1.165, 1.54) is 13.8 Å². The van der Waals surface area contributed by atoms with E-state index in [0.717, 1.165) is 4.90 Å². The molecule has 0 atom stereocenters. The molecule has 0 bridgehead atoms. The summed E-state index contributed by atoms with van der Waals surface area (Å²) in [6, 6.07) is 0.652. The molecule has 1 fully saturated rings. The molecular formula is C11H10ClF3N4O2. The molecule has 21 heavy (non-hydrogen) atoms. The quantitative estimate of drug-likeness (QED) is 0.624. The van der Waals surface area contributed by atoms with Gasteiger partial charge in [0.25, 0.3) is 5.91 Å². The maximum Gasteiger partial charge on any atom is 0.433 e. The standard InChI is InChI=1S/C11H10ClF3N4O2/c1-10(2)8(21)18-7(20)4-19(10)6-3-5(11(13,14)15)16-9(12)17-6/h3H,4H2,1-2H3,(H,18,20,21). The minimum Gasteiger partial charge on any atom is -0.333 e. The highest BCUT2D eigenvalue weighted by atomic mass is 35.5. The first-order valence-electron chi connectivity index (χ1n) is 5.75. The topological polar surface area (TPSA) is 75.2 Å². The second-order valence-electron chi connectivity index (χ2n) is 4.90. The van der Waals surface area contributed by atoms with E-state index in [2.05, 4.69) is 15.3 Å². The van der Waals surface area contributed by atoms with Crippen LogP contribution >= 0.6 is 11.6 Å². The van der Waals surface area contributed by atoms with Gasteiger partial charge in [-0.1, -0.05) is 0 Å². The molecule has 0 saturated carbocycles. The molecule has 0 spiro atoms. The molecular weight excluding hydrogens is 313 g/mol. The Kier molecular flexibility index (Phi) is 3.56. The fourth-order valence-corrected chi connectivity index (χ4v) is 2.02. The largest absolute Gasteiger partial charge is 0.433 e. The van der Waals surface area contributed by atoms with E-state index < -0.39 is 34.5 Å². The molecule has 1 aromatic rings. The molecule has 2 heterocycles. The van der Waals surface area contributed by atoms with Gasteiger partial charge in [-0.15, -0.1) is 0 Å². The van der Waals surface area contributed by atoms with Crippen LogP contribution in [0.2, 0.25) is 5.28 Å². The van der Waals surface area contributed by atoms with Crippen molar-refractivity contribution < 1.29 is 22.8 Å². The third-order valence-electron chi connectivity index (χ3n) is 3.04. The number of hydrogen-bond donors (Lipinski definition) is 1. The molecule has 6 nitrogen and oxygen atoms in total. The number of halogens is 4. The van der Waals surface area contributed by atoms with Crippen LogP contribution in [-0.2, 0) is 15.8 Å². The molecule has 0 radical (unpaired) electrons. The summed E-state index contributed by atoms with van der Waals surface area (Å²) in [5, 5.41) is 1.49. The van der Waals surface area contributed by atoms with Gasteiger partial charge < -0.3 is 4.90 Å². The first kappa shape index (κ1) is 15.5. The number of rotatable bonds is 1. The summed E-state index contributed by atoms with van der Waals surface area (Å²) in [5.41, 5.74) is -2.50. The van der Waals surface area contributed by atoms with Gasteiger partial charge in [0.15, 0.2) is 5.69 Å². The highest BCUT2D eigenvalue weighted by Crippen LogP contribution is 2.32. The van der Waals surface area contributed by atoms with Crippen LogP contribution in [0.15, 0.2) is 6.07 Å². The van der Waals surface area contributed by atoms with Crippen molar-refractivity contribution in [2.24, 2.45) is 0 Å². The van der Waals surface area contributed by atoms with Crippen molar-refractivity contribution in [1.29, 1.82) is 0 Å². The molecule has 0 aliphatic carbocycles. The van der Waals surface area contributed by atoms with E-state index in [4.69, 9.17) is 11.6 Å². The number of nitrogens with one attached hydrogen (secondary N) is 1. The van der Waals surface area contributed by atoms with E-state index in [1.807, 2.05) is 0 Å². The van der Waals surface area contributed by atoms with E-state index in [9.17, 15) is 22.8 Å². The van der Waals surface area contributed by atoms with Crippen LogP contribution in [0, 0.1) is 0 Å². The molecule has 1 aromatic heterocycles. The number of amides is 2. The van der Waals surface area contributed by atoms with Gasteiger partial charge in [0.1, 0.15) is 11.4 Å². The number of piperazine rings is 1. The van der Waals surface area contributed by atoms with Gasteiger partial charge in [0, 0.05) is 6.07 Å². The number of alkyl halides is 3. The zero-order valence-electron chi connectivity index (χ0n) is 11.0. The predicted octanol–water partition coefficient (Wildman–Crippen LogP) is 1.39. The van der Waals surface area contributed by atoms with E-state index in [0.29, 0.717) is 6.07 Å². The van der Waals surface area contributed by atoms with Crippen molar-refractivity contribution in [3.05, 3.63) is 17.0 Å². The number of aromatic nitrogens is 2. The van der Waals surface area contributed by atoms with E-state index in [-0.39, 0.29) is 12.4 Å². The van der Waals surface area contributed by atoms with Gasteiger partial charge in [0.2, 0.25) is 11.2 Å². The van der Waals surface area contributed by atoms with E-state index in [1.54, 1.807) is 0 Å². The SMILES string of the molecule is CC1(C)C(=O)NC(=O)CN1c1cc(C(F)(F)F)nc(Cl)n1. The Morgan fingerprint density at radius 3 is 2.52 bits per heavy atom. The Bertz CT molecular complexity index is 618. The van der Waals surface area contributed by atoms with Gasteiger partial charge in [0.05, 0.1) is 6.54 Å². The first-order valence-corrected chi connectivity index (χ1v) is 6.13. The number of hydrogen-bond acceptors (Lipinski definition) is 5. The normalized spacial score (nSPS) is 18.7. The monoisotopic (exact) mass is 322 g/mol. The van der Waals surface area contributed by atoms with Gasteiger partial charge >= 0.3 is 6.18 Å². The van der Waals surface area contributed by atoms with Crippen molar-refractivity contribution >= 4 is 29.2 Å². The third kappa shape index (κ3) is 2.92. The number of carbonyl (C=O) groups excluding carboxylic acids is 2. The first-order chi connectivity index (χ1) is 9.51. The fraction of sp³-hybridized carbons (Fsp3) is 0.455. The third-order valence-corrected chi connectivity index (χ3v) is 3.21. The lowest BCUT2D eigenvalue weighted by Gasteiger charge is -2.40. The Labute approximate surface area is 122 Å². The van der Waals surface area contributed by atoms with Crippen LogP contribution in [0.1, 0.15) is 19.5 Å². The van der Waals surface area contributed by atoms with Crippen molar-refractivity contribution in [3.63, 3.8) is 0 Å². The molecule has 2 amide bonds. The van der Waals surface area contributed by atoms with Crippen molar-refractivity contribution in [3.8, 4) is 0 Å². The lowest BCUT2D eigenvalue weighted by Crippen LogP contribution is -2.64. The highest BCUT2D eigenvalue weighted by molar-refractivity contribution is 6.28.